The number of carbonyl (C=O) groups excluding carboxylic acids is 1. The van der Waals surface area contributed by atoms with Gasteiger partial charge in [0.15, 0.2) is 0 Å². The van der Waals surface area contributed by atoms with Crippen LogP contribution < -0.4 is 15.4 Å². The molecule has 7 nitrogen and oxygen atoms in total. The van der Waals surface area contributed by atoms with Crippen LogP contribution in [0.4, 0.5) is 5.69 Å². The monoisotopic (exact) mass is 286 g/mol. The maximum absolute atomic E-state index is 11.6. The number of hydrogen-bond donors (Lipinski definition) is 3. The fraction of sp³-hybridized carbons (Fsp3) is 0.455. The number of nitrogens with zero attached hydrogens (tertiary/aromatic N) is 1. The molecule has 1 amide bonds. The molecule has 8 heteroatoms. The summed E-state index contributed by atoms with van der Waals surface area (Å²) >= 11 is 0. The summed E-state index contributed by atoms with van der Waals surface area (Å²) in [5.74, 6) is -0.295. The minimum atomic E-state index is -3.23. The normalized spacial score (nSPS) is 11.1. The van der Waals surface area contributed by atoms with E-state index in [1.807, 2.05) is 6.92 Å². The van der Waals surface area contributed by atoms with Crippen LogP contribution in [0.3, 0.4) is 0 Å². The molecule has 1 aromatic rings. The first-order valence-corrected chi connectivity index (χ1v) is 7.53. The molecule has 0 radical (unpaired) electrons. The Labute approximate surface area is 112 Å². The van der Waals surface area contributed by atoms with Crippen LogP contribution in [0.15, 0.2) is 18.3 Å². The van der Waals surface area contributed by atoms with E-state index in [0.717, 1.165) is 0 Å². The van der Waals surface area contributed by atoms with Crippen LogP contribution in [0.5, 0.6) is 0 Å². The second-order valence-electron chi connectivity index (χ2n) is 3.74. The van der Waals surface area contributed by atoms with Crippen molar-refractivity contribution in [2.75, 3.05) is 31.2 Å². The van der Waals surface area contributed by atoms with Gasteiger partial charge in [0.05, 0.1) is 5.75 Å². The topological polar surface area (TPSA) is 100 Å². The van der Waals surface area contributed by atoms with Crippen molar-refractivity contribution in [3.8, 4) is 0 Å². The molecule has 1 rings (SSSR count). The third kappa shape index (κ3) is 5.23. The van der Waals surface area contributed by atoms with Gasteiger partial charge in [-0.15, -0.1) is 0 Å². The highest BCUT2D eigenvalue weighted by Gasteiger charge is 2.08. The van der Waals surface area contributed by atoms with Gasteiger partial charge in [-0.2, -0.15) is 0 Å². The zero-order valence-corrected chi connectivity index (χ0v) is 11.8. The minimum Gasteiger partial charge on any atom is -0.384 e. The zero-order chi connectivity index (χ0) is 14.3. The van der Waals surface area contributed by atoms with E-state index in [-0.39, 0.29) is 18.2 Å². The lowest BCUT2D eigenvalue weighted by atomic mass is 10.3. The van der Waals surface area contributed by atoms with E-state index in [4.69, 9.17) is 0 Å². The summed E-state index contributed by atoms with van der Waals surface area (Å²) in [6.45, 7) is 2.60. The average molecular weight is 286 g/mol. The van der Waals surface area contributed by atoms with Crippen molar-refractivity contribution in [2.24, 2.45) is 0 Å². The molecular weight excluding hydrogens is 268 g/mol. The predicted octanol–water partition coefficient (Wildman–Crippen LogP) is -0.208. The van der Waals surface area contributed by atoms with E-state index >= 15 is 0 Å². The van der Waals surface area contributed by atoms with Gasteiger partial charge in [-0.05, 0) is 26.1 Å². The number of rotatable bonds is 7. The van der Waals surface area contributed by atoms with Gasteiger partial charge in [-0.25, -0.2) is 13.1 Å². The molecule has 0 atom stereocenters. The molecule has 0 aliphatic heterocycles. The molecule has 0 fully saturated rings. The molecule has 3 N–H and O–H groups in total. The fourth-order valence-corrected chi connectivity index (χ4v) is 1.92. The average Bonchev–Trinajstić information content (AvgIpc) is 2.39. The number of anilines is 1. The molecule has 0 saturated heterocycles. The molecule has 0 unspecified atom stereocenters. The van der Waals surface area contributed by atoms with E-state index in [1.165, 1.54) is 13.2 Å². The quantitative estimate of drug-likeness (QED) is 0.644. The van der Waals surface area contributed by atoms with Crippen LogP contribution in [-0.2, 0) is 10.0 Å². The van der Waals surface area contributed by atoms with E-state index in [1.54, 1.807) is 12.1 Å². The Hall–Kier alpha value is -1.67. The van der Waals surface area contributed by atoms with Crippen molar-refractivity contribution in [2.45, 2.75) is 6.92 Å². The molecule has 1 heterocycles. The summed E-state index contributed by atoms with van der Waals surface area (Å²) in [6.07, 6.45) is 1.50. The highest BCUT2D eigenvalue weighted by atomic mass is 32.2. The summed E-state index contributed by atoms with van der Waals surface area (Å²) < 4.78 is 24.7. The summed E-state index contributed by atoms with van der Waals surface area (Å²) in [4.78, 5) is 15.5. The third-order valence-electron chi connectivity index (χ3n) is 2.34. The van der Waals surface area contributed by atoms with E-state index in [9.17, 15) is 13.2 Å². The summed E-state index contributed by atoms with van der Waals surface area (Å²) in [5, 5.41) is 5.58. The number of amides is 1. The van der Waals surface area contributed by atoms with Gasteiger partial charge in [-0.3, -0.25) is 9.78 Å². The van der Waals surface area contributed by atoms with Gasteiger partial charge < -0.3 is 10.6 Å². The van der Waals surface area contributed by atoms with Gasteiger partial charge in [0.1, 0.15) is 5.69 Å². The molecule has 0 bridgehead atoms. The Morgan fingerprint density at radius 3 is 2.79 bits per heavy atom. The van der Waals surface area contributed by atoms with Crippen molar-refractivity contribution in [3.05, 3.63) is 24.0 Å². The Morgan fingerprint density at radius 1 is 1.42 bits per heavy atom. The van der Waals surface area contributed by atoms with Crippen LogP contribution in [0.1, 0.15) is 17.4 Å². The number of carbonyl (C=O) groups is 1. The summed E-state index contributed by atoms with van der Waals surface area (Å²) in [5.41, 5.74) is 0.950. The molecule has 0 spiro atoms. The van der Waals surface area contributed by atoms with Gasteiger partial charge in [0.25, 0.3) is 5.91 Å². The Morgan fingerprint density at radius 2 is 2.16 bits per heavy atom. The standard InChI is InChI=1S/C11H18N4O3S/c1-3-13-11(16)10-8-9(4-5-15-10)14-6-7-19(17,18)12-2/h4-5,8,12H,3,6-7H2,1-2H3,(H,13,16)(H,14,15). The summed E-state index contributed by atoms with van der Waals surface area (Å²) in [7, 11) is -1.86. The number of nitrogens with one attached hydrogen (secondary N) is 3. The fourth-order valence-electron chi connectivity index (χ4n) is 1.35. The molecule has 106 valence electrons. The smallest absolute Gasteiger partial charge is 0.269 e. The predicted molar refractivity (Wildman–Crippen MR) is 73.6 cm³/mol. The van der Waals surface area contributed by atoms with Crippen molar-refractivity contribution in [1.82, 2.24) is 15.0 Å². The highest BCUT2D eigenvalue weighted by molar-refractivity contribution is 7.89. The van der Waals surface area contributed by atoms with Crippen molar-refractivity contribution < 1.29 is 13.2 Å². The molecule has 1 aromatic heterocycles. The second kappa shape index (κ2) is 7.05. The molecule has 0 saturated carbocycles. The third-order valence-corrected chi connectivity index (χ3v) is 3.70. The molecule has 0 aromatic carbocycles. The Bertz CT molecular complexity index is 530. The maximum atomic E-state index is 11.6. The number of aromatic nitrogens is 1. The van der Waals surface area contributed by atoms with Crippen molar-refractivity contribution in [3.63, 3.8) is 0 Å². The lowest BCUT2D eigenvalue weighted by Crippen LogP contribution is -2.26. The first-order chi connectivity index (χ1) is 8.98. The van der Waals surface area contributed by atoms with E-state index < -0.39 is 10.0 Å². The molecule has 0 aliphatic rings. The van der Waals surface area contributed by atoms with Gasteiger partial charge in [0, 0.05) is 25.0 Å². The largest absolute Gasteiger partial charge is 0.384 e. The Kier molecular flexibility index (Phi) is 5.71. The lowest BCUT2D eigenvalue weighted by Gasteiger charge is -2.08. The van der Waals surface area contributed by atoms with Gasteiger partial charge in [0.2, 0.25) is 10.0 Å². The second-order valence-corrected chi connectivity index (χ2v) is 5.78. The molecular formula is C11H18N4O3S. The maximum Gasteiger partial charge on any atom is 0.269 e. The highest BCUT2D eigenvalue weighted by Crippen LogP contribution is 2.07. The van der Waals surface area contributed by atoms with Crippen LogP contribution >= 0.6 is 0 Å². The molecule has 19 heavy (non-hydrogen) atoms. The van der Waals surface area contributed by atoms with E-state index in [2.05, 4.69) is 20.3 Å². The summed E-state index contributed by atoms with van der Waals surface area (Å²) in [6, 6.07) is 3.26. The number of pyridine rings is 1. The van der Waals surface area contributed by atoms with Crippen molar-refractivity contribution in [1.29, 1.82) is 0 Å². The number of sulfonamides is 1. The zero-order valence-electron chi connectivity index (χ0n) is 10.9. The first-order valence-electron chi connectivity index (χ1n) is 5.88. The first kappa shape index (κ1) is 15.4. The lowest BCUT2D eigenvalue weighted by molar-refractivity contribution is 0.0951. The van der Waals surface area contributed by atoms with Crippen LogP contribution in [0.25, 0.3) is 0 Å². The minimum absolute atomic E-state index is 0.0394. The molecule has 0 aliphatic carbocycles. The van der Waals surface area contributed by atoms with Crippen LogP contribution in [0.2, 0.25) is 0 Å². The van der Waals surface area contributed by atoms with E-state index in [0.29, 0.717) is 17.9 Å². The van der Waals surface area contributed by atoms with Gasteiger partial charge in [-0.1, -0.05) is 0 Å². The van der Waals surface area contributed by atoms with Crippen LogP contribution in [-0.4, -0.2) is 45.2 Å². The number of hydrogen-bond acceptors (Lipinski definition) is 5. The van der Waals surface area contributed by atoms with Crippen LogP contribution in [0, 0.1) is 0 Å². The van der Waals surface area contributed by atoms with Gasteiger partial charge >= 0.3 is 0 Å². The Balaban J connectivity index is 2.60. The SMILES string of the molecule is CCNC(=O)c1cc(NCCS(=O)(=O)NC)ccn1. The van der Waals surface area contributed by atoms with Crippen molar-refractivity contribution >= 4 is 21.6 Å².